The van der Waals surface area contributed by atoms with Crippen LogP contribution in [0.5, 0.6) is 0 Å². The molecule has 0 radical (unpaired) electrons. The molecule has 1 aliphatic heterocycles. The van der Waals surface area contributed by atoms with Crippen molar-refractivity contribution in [2.75, 3.05) is 6.54 Å². The Morgan fingerprint density at radius 2 is 1.88 bits per heavy atom. The number of carbonyl (C=O) groups is 1. The Bertz CT molecular complexity index is 910. The van der Waals surface area contributed by atoms with Crippen LogP contribution in [0.25, 0.3) is 0 Å². The maximum Gasteiger partial charge on any atom is 0.223 e. The first-order valence-corrected chi connectivity index (χ1v) is 8.93. The second-order valence-corrected chi connectivity index (χ2v) is 6.94. The Kier molecular flexibility index (Phi) is 4.71. The number of benzene rings is 2. The molecule has 0 bridgehead atoms. The molecule has 1 saturated heterocycles. The van der Waals surface area contributed by atoms with Gasteiger partial charge in [-0.15, -0.1) is 10.2 Å². The summed E-state index contributed by atoms with van der Waals surface area (Å²) in [5.41, 5.74) is 2.13. The van der Waals surface area contributed by atoms with Crippen molar-refractivity contribution in [2.24, 2.45) is 0 Å². The molecule has 2 heterocycles. The third-order valence-electron chi connectivity index (χ3n) is 4.51. The molecule has 4 rings (SSSR count). The zero-order valence-electron chi connectivity index (χ0n) is 14.1. The highest BCUT2D eigenvalue weighted by molar-refractivity contribution is 6.30. The van der Waals surface area contributed by atoms with Crippen molar-refractivity contribution in [1.82, 2.24) is 15.1 Å². The Labute approximate surface area is 156 Å². The number of rotatable bonds is 5. The van der Waals surface area contributed by atoms with Gasteiger partial charge in [0.15, 0.2) is 0 Å². The molecule has 1 aliphatic rings. The molecule has 1 aromatic heterocycles. The fourth-order valence-electron chi connectivity index (χ4n) is 3.22. The van der Waals surface area contributed by atoms with Crippen LogP contribution in [0.15, 0.2) is 59.0 Å². The average molecular weight is 368 g/mol. The highest BCUT2D eigenvalue weighted by Crippen LogP contribution is 2.28. The van der Waals surface area contributed by atoms with Gasteiger partial charge in [0, 0.05) is 24.5 Å². The van der Waals surface area contributed by atoms with E-state index in [2.05, 4.69) is 10.2 Å². The number of likely N-dealkylation sites (tertiary alicyclic amines) is 1. The van der Waals surface area contributed by atoms with Crippen molar-refractivity contribution in [3.05, 3.63) is 82.5 Å². The lowest BCUT2D eigenvalue weighted by atomic mass is 10.1. The second-order valence-electron chi connectivity index (χ2n) is 6.50. The molecule has 26 heavy (non-hydrogen) atoms. The summed E-state index contributed by atoms with van der Waals surface area (Å²) in [6.07, 6.45) is 0.938. The number of hydrogen-bond acceptors (Lipinski definition) is 4. The SMILES string of the molecule is O=C1C[C@H](c2nnc(Cc3cccc(Cl)c3)o2)CN1Cc1ccccc1. The number of nitrogens with zero attached hydrogens (tertiary/aromatic N) is 3. The van der Waals surface area contributed by atoms with Gasteiger partial charge in [-0.05, 0) is 23.3 Å². The minimum atomic E-state index is -0.0492. The van der Waals surface area contributed by atoms with Crippen LogP contribution in [-0.2, 0) is 17.8 Å². The smallest absolute Gasteiger partial charge is 0.223 e. The van der Waals surface area contributed by atoms with Gasteiger partial charge >= 0.3 is 0 Å². The summed E-state index contributed by atoms with van der Waals surface area (Å²) < 4.78 is 5.81. The van der Waals surface area contributed by atoms with Gasteiger partial charge < -0.3 is 9.32 Å². The van der Waals surface area contributed by atoms with Gasteiger partial charge in [-0.2, -0.15) is 0 Å². The lowest BCUT2D eigenvalue weighted by molar-refractivity contribution is -0.128. The van der Waals surface area contributed by atoms with E-state index in [-0.39, 0.29) is 11.8 Å². The van der Waals surface area contributed by atoms with Crippen molar-refractivity contribution in [3.8, 4) is 0 Å². The van der Waals surface area contributed by atoms with Crippen LogP contribution in [0.3, 0.4) is 0 Å². The van der Waals surface area contributed by atoms with Crippen LogP contribution < -0.4 is 0 Å². The molecule has 1 atom stereocenters. The molecular weight excluding hydrogens is 350 g/mol. The molecule has 132 valence electrons. The summed E-state index contributed by atoms with van der Waals surface area (Å²) in [5.74, 6) is 1.14. The van der Waals surface area contributed by atoms with Gasteiger partial charge in [-0.1, -0.05) is 54.1 Å². The van der Waals surface area contributed by atoms with Crippen LogP contribution in [0.2, 0.25) is 5.02 Å². The van der Waals surface area contributed by atoms with E-state index in [0.717, 1.165) is 11.1 Å². The van der Waals surface area contributed by atoms with E-state index >= 15 is 0 Å². The summed E-state index contributed by atoms with van der Waals surface area (Å²) in [7, 11) is 0. The van der Waals surface area contributed by atoms with Gasteiger partial charge in [0.05, 0.1) is 12.3 Å². The predicted octanol–water partition coefficient (Wildman–Crippen LogP) is 3.83. The number of aromatic nitrogens is 2. The summed E-state index contributed by atoms with van der Waals surface area (Å²) in [6, 6.07) is 17.6. The number of amides is 1. The number of carbonyl (C=O) groups excluding carboxylic acids is 1. The highest BCUT2D eigenvalue weighted by atomic mass is 35.5. The van der Waals surface area contributed by atoms with Crippen LogP contribution in [0.1, 0.15) is 35.2 Å². The maximum absolute atomic E-state index is 12.3. The summed E-state index contributed by atoms with van der Waals surface area (Å²) in [6.45, 7) is 1.21. The first kappa shape index (κ1) is 16.8. The fraction of sp³-hybridized carbons (Fsp3) is 0.250. The predicted molar refractivity (Wildman–Crippen MR) is 97.8 cm³/mol. The topological polar surface area (TPSA) is 59.2 Å². The molecule has 3 aromatic rings. The maximum atomic E-state index is 12.3. The van der Waals surface area contributed by atoms with Crippen LogP contribution in [-0.4, -0.2) is 27.5 Å². The van der Waals surface area contributed by atoms with E-state index in [4.69, 9.17) is 16.0 Å². The fourth-order valence-corrected chi connectivity index (χ4v) is 3.43. The van der Waals surface area contributed by atoms with Crippen LogP contribution >= 0.6 is 11.6 Å². The van der Waals surface area contributed by atoms with E-state index in [1.165, 1.54) is 0 Å². The molecule has 0 unspecified atom stereocenters. The first-order valence-electron chi connectivity index (χ1n) is 8.56. The van der Waals surface area contributed by atoms with Crippen molar-refractivity contribution in [3.63, 3.8) is 0 Å². The molecule has 1 amide bonds. The molecular formula is C20H18ClN3O2. The molecule has 2 aromatic carbocycles. The van der Waals surface area contributed by atoms with Gasteiger partial charge in [0.2, 0.25) is 17.7 Å². The third kappa shape index (κ3) is 3.78. The largest absolute Gasteiger partial charge is 0.425 e. The minimum Gasteiger partial charge on any atom is -0.425 e. The standard InChI is InChI=1S/C20H18ClN3O2/c21-17-8-4-7-15(9-17)10-18-22-23-20(26-18)16-11-19(25)24(13-16)12-14-5-2-1-3-6-14/h1-9,16H,10-13H2/t16-/m0/s1. The van der Waals surface area contributed by atoms with E-state index in [1.54, 1.807) is 0 Å². The van der Waals surface area contributed by atoms with Gasteiger partial charge in [0.1, 0.15) is 0 Å². The summed E-state index contributed by atoms with van der Waals surface area (Å²) in [4.78, 5) is 14.2. The quantitative estimate of drug-likeness (QED) is 0.687. The lowest BCUT2D eigenvalue weighted by Gasteiger charge is -2.15. The monoisotopic (exact) mass is 367 g/mol. The van der Waals surface area contributed by atoms with E-state index in [1.807, 2.05) is 59.5 Å². The Morgan fingerprint density at radius 1 is 1.08 bits per heavy atom. The van der Waals surface area contributed by atoms with E-state index in [9.17, 15) is 4.79 Å². The van der Waals surface area contributed by atoms with Gasteiger partial charge in [-0.25, -0.2) is 0 Å². The summed E-state index contributed by atoms with van der Waals surface area (Å²) >= 11 is 6.01. The zero-order chi connectivity index (χ0) is 17.9. The molecule has 5 nitrogen and oxygen atoms in total. The van der Waals surface area contributed by atoms with Crippen LogP contribution in [0.4, 0.5) is 0 Å². The molecule has 0 saturated carbocycles. The van der Waals surface area contributed by atoms with Crippen LogP contribution in [0, 0.1) is 0 Å². The second kappa shape index (κ2) is 7.30. The average Bonchev–Trinajstić information content (AvgIpc) is 3.23. The third-order valence-corrected chi connectivity index (χ3v) is 4.74. The molecule has 0 spiro atoms. The molecule has 0 N–H and O–H groups in total. The molecule has 0 aliphatic carbocycles. The summed E-state index contributed by atoms with van der Waals surface area (Å²) in [5, 5.41) is 8.98. The van der Waals surface area contributed by atoms with Crippen molar-refractivity contribution < 1.29 is 9.21 Å². The van der Waals surface area contributed by atoms with Gasteiger partial charge in [0.25, 0.3) is 0 Å². The minimum absolute atomic E-state index is 0.0492. The highest BCUT2D eigenvalue weighted by Gasteiger charge is 2.34. The van der Waals surface area contributed by atoms with E-state index < -0.39 is 0 Å². The van der Waals surface area contributed by atoms with Gasteiger partial charge in [-0.3, -0.25) is 4.79 Å². The first-order chi connectivity index (χ1) is 12.7. The molecule has 1 fully saturated rings. The Hall–Kier alpha value is -2.66. The normalized spacial score (nSPS) is 17.0. The lowest BCUT2D eigenvalue weighted by Crippen LogP contribution is -2.24. The van der Waals surface area contributed by atoms with E-state index in [0.29, 0.717) is 42.7 Å². The molecule has 6 heteroatoms. The van der Waals surface area contributed by atoms with Crippen molar-refractivity contribution in [1.29, 1.82) is 0 Å². The van der Waals surface area contributed by atoms with Crippen molar-refractivity contribution >= 4 is 17.5 Å². The Balaban J connectivity index is 1.42. The number of halogens is 1. The Morgan fingerprint density at radius 3 is 2.69 bits per heavy atom. The van der Waals surface area contributed by atoms with Crippen molar-refractivity contribution in [2.45, 2.75) is 25.3 Å². The number of hydrogen-bond donors (Lipinski definition) is 0. The zero-order valence-corrected chi connectivity index (χ0v) is 14.9.